The quantitative estimate of drug-likeness (QED) is 0.261. The Morgan fingerprint density at radius 1 is 1.09 bits per heavy atom. The Labute approximate surface area is 263 Å². The average Bonchev–Trinajstić information content (AvgIpc) is 3.51. The Bertz CT molecular complexity index is 1100. The van der Waals surface area contributed by atoms with Crippen LogP contribution in [0.2, 0.25) is 0 Å². The van der Waals surface area contributed by atoms with Crippen LogP contribution in [-0.4, -0.2) is 104 Å². The molecule has 0 aromatic heterocycles. The monoisotopic (exact) mass is 617 g/mol. The van der Waals surface area contributed by atoms with Gasteiger partial charge in [0, 0.05) is 41.4 Å². The third-order valence-electron chi connectivity index (χ3n) is 9.37. The SMILES string of the molecule is CC[C@H](C)[C@@H]([C@@H](CC(=O)N1CCC[C@H]1[C@H](OC)[C@@H](C)C(=O)N(C)CCc1cccc(N=O)c1)OC)N(C)C(=O)[C@@H](N)C(C)C. The molecule has 2 rings (SSSR count). The van der Waals surface area contributed by atoms with Gasteiger partial charge in [-0.25, -0.2) is 0 Å². The molecule has 0 radical (unpaired) electrons. The normalized spacial score (nSPS) is 19.2. The molecule has 1 aliphatic rings. The van der Waals surface area contributed by atoms with Crippen molar-refractivity contribution in [3.05, 3.63) is 34.7 Å². The average molecular weight is 618 g/mol. The van der Waals surface area contributed by atoms with Crippen LogP contribution in [0.15, 0.2) is 29.4 Å². The molecule has 0 bridgehead atoms. The van der Waals surface area contributed by atoms with Gasteiger partial charge in [0.1, 0.15) is 5.69 Å². The maximum absolute atomic E-state index is 13.9. The third kappa shape index (κ3) is 9.31. The Morgan fingerprint density at radius 2 is 1.77 bits per heavy atom. The lowest BCUT2D eigenvalue weighted by Gasteiger charge is -2.40. The first-order chi connectivity index (χ1) is 20.8. The fourth-order valence-corrected chi connectivity index (χ4v) is 6.34. The maximum atomic E-state index is 13.9. The molecule has 7 atom stereocenters. The summed E-state index contributed by atoms with van der Waals surface area (Å²) >= 11 is 0. The Balaban J connectivity index is 2.16. The molecule has 2 N–H and O–H groups in total. The van der Waals surface area contributed by atoms with Crippen molar-refractivity contribution in [2.45, 2.75) is 97.1 Å². The summed E-state index contributed by atoms with van der Waals surface area (Å²) < 4.78 is 11.8. The predicted octanol–water partition coefficient (Wildman–Crippen LogP) is 3.99. The third-order valence-corrected chi connectivity index (χ3v) is 9.37. The van der Waals surface area contributed by atoms with E-state index in [2.05, 4.69) is 19.0 Å². The van der Waals surface area contributed by atoms with Gasteiger partial charge in [-0.1, -0.05) is 53.2 Å². The number of nitrogens with two attached hydrogens (primary N) is 1. The van der Waals surface area contributed by atoms with Crippen molar-refractivity contribution >= 4 is 23.4 Å². The van der Waals surface area contributed by atoms with E-state index in [0.29, 0.717) is 25.2 Å². The lowest BCUT2D eigenvalue weighted by Crippen LogP contribution is -2.56. The topological polar surface area (TPSA) is 135 Å². The van der Waals surface area contributed by atoms with Crippen LogP contribution in [0.5, 0.6) is 0 Å². The largest absolute Gasteiger partial charge is 0.379 e. The first-order valence-corrected chi connectivity index (χ1v) is 15.9. The number of benzene rings is 1. The molecule has 1 aromatic rings. The molecule has 11 heteroatoms. The van der Waals surface area contributed by atoms with E-state index in [1.54, 1.807) is 56.3 Å². The minimum atomic E-state index is -0.638. The summed E-state index contributed by atoms with van der Waals surface area (Å²) in [5, 5.41) is 2.99. The molecular weight excluding hydrogens is 562 g/mol. The predicted molar refractivity (Wildman–Crippen MR) is 172 cm³/mol. The highest BCUT2D eigenvalue weighted by Gasteiger charge is 2.42. The molecule has 1 fully saturated rings. The number of nitrogens with zero attached hydrogens (tertiary/aromatic N) is 4. The van der Waals surface area contributed by atoms with Crippen molar-refractivity contribution in [2.24, 2.45) is 28.7 Å². The molecule has 44 heavy (non-hydrogen) atoms. The highest BCUT2D eigenvalue weighted by Crippen LogP contribution is 2.30. The lowest BCUT2D eigenvalue weighted by atomic mass is 9.89. The fourth-order valence-electron chi connectivity index (χ4n) is 6.34. The van der Waals surface area contributed by atoms with Crippen LogP contribution in [0.3, 0.4) is 0 Å². The number of nitroso groups, excluding NO2 is 1. The van der Waals surface area contributed by atoms with Gasteiger partial charge in [-0.3, -0.25) is 14.4 Å². The molecule has 0 unspecified atom stereocenters. The molecule has 1 saturated heterocycles. The van der Waals surface area contributed by atoms with E-state index in [1.807, 2.05) is 31.7 Å². The summed E-state index contributed by atoms with van der Waals surface area (Å²) in [5.74, 6) is -0.750. The van der Waals surface area contributed by atoms with Gasteiger partial charge in [0.15, 0.2) is 0 Å². The molecule has 11 nitrogen and oxygen atoms in total. The number of rotatable bonds is 17. The number of methoxy groups -OCH3 is 2. The molecule has 248 valence electrons. The van der Waals surface area contributed by atoms with E-state index in [9.17, 15) is 19.3 Å². The number of ether oxygens (including phenoxy) is 2. The van der Waals surface area contributed by atoms with Crippen molar-refractivity contribution in [1.82, 2.24) is 14.7 Å². The van der Waals surface area contributed by atoms with Gasteiger partial charge in [0.05, 0.1) is 42.7 Å². The highest BCUT2D eigenvalue weighted by atomic mass is 16.5. The lowest BCUT2D eigenvalue weighted by molar-refractivity contribution is -0.148. The van der Waals surface area contributed by atoms with E-state index < -0.39 is 24.2 Å². The molecule has 3 amide bonds. The summed E-state index contributed by atoms with van der Waals surface area (Å²) in [4.78, 5) is 56.6. The summed E-state index contributed by atoms with van der Waals surface area (Å²) in [5.41, 5.74) is 7.50. The number of likely N-dealkylation sites (tertiary alicyclic amines) is 1. The zero-order valence-electron chi connectivity index (χ0n) is 28.2. The van der Waals surface area contributed by atoms with E-state index in [0.717, 1.165) is 24.8 Å². The van der Waals surface area contributed by atoms with Gasteiger partial charge < -0.3 is 29.9 Å². The Morgan fingerprint density at radius 3 is 2.34 bits per heavy atom. The van der Waals surface area contributed by atoms with E-state index in [-0.39, 0.29) is 48.1 Å². The second-order valence-electron chi connectivity index (χ2n) is 12.6. The van der Waals surface area contributed by atoms with Crippen molar-refractivity contribution < 1.29 is 23.9 Å². The summed E-state index contributed by atoms with van der Waals surface area (Å²) in [6.07, 6.45) is 2.01. The van der Waals surface area contributed by atoms with Gasteiger partial charge in [0.2, 0.25) is 17.7 Å². The standard InChI is InChI=1S/C33H55N5O6/c1-10-22(4)30(37(7)33(41)29(34)21(2)3)27(43-8)20-28(39)38-17-12-15-26(38)31(44-9)23(5)32(40)36(6)18-16-24-13-11-14-25(19-24)35-42/h11,13-14,19,21-23,26-27,29-31H,10,12,15-18,20,34H2,1-9H3/t22-,23+,26-,27+,29-,30-,31+/m0/s1. The molecule has 0 aliphatic carbocycles. The zero-order chi connectivity index (χ0) is 33.1. The molecule has 1 aliphatic heterocycles. The fraction of sp³-hybridized carbons (Fsp3) is 0.727. The van der Waals surface area contributed by atoms with Crippen LogP contribution in [0.4, 0.5) is 5.69 Å². The van der Waals surface area contributed by atoms with Crippen molar-refractivity contribution in [3.8, 4) is 0 Å². The number of likely N-dealkylation sites (N-methyl/N-ethyl adjacent to an activating group) is 2. The second kappa shape index (κ2) is 17.6. The smallest absolute Gasteiger partial charge is 0.239 e. The molecular formula is C33H55N5O6. The summed E-state index contributed by atoms with van der Waals surface area (Å²) in [7, 11) is 6.67. The van der Waals surface area contributed by atoms with Crippen molar-refractivity contribution in [3.63, 3.8) is 0 Å². The van der Waals surface area contributed by atoms with Gasteiger partial charge in [-0.05, 0) is 54.0 Å². The molecule has 1 aromatic carbocycles. The summed E-state index contributed by atoms with van der Waals surface area (Å²) in [6, 6.07) is 5.82. The van der Waals surface area contributed by atoms with E-state index in [1.165, 1.54) is 0 Å². The van der Waals surface area contributed by atoms with Crippen LogP contribution < -0.4 is 5.73 Å². The van der Waals surface area contributed by atoms with Crippen LogP contribution >= 0.6 is 0 Å². The molecule has 1 heterocycles. The number of carbonyl (C=O) groups is 3. The minimum absolute atomic E-state index is 0.0174. The van der Waals surface area contributed by atoms with Gasteiger partial charge >= 0.3 is 0 Å². The number of carbonyl (C=O) groups excluding carboxylic acids is 3. The zero-order valence-corrected chi connectivity index (χ0v) is 28.2. The number of amides is 3. The van der Waals surface area contributed by atoms with E-state index in [4.69, 9.17) is 15.2 Å². The maximum Gasteiger partial charge on any atom is 0.239 e. The van der Waals surface area contributed by atoms with Crippen molar-refractivity contribution in [2.75, 3.05) is 41.4 Å². The van der Waals surface area contributed by atoms with Crippen LogP contribution in [0.1, 0.15) is 65.9 Å². The highest BCUT2D eigenvalue weighted by molar-refractivity contribution is 5.82. The van der Waals surface area contributed by atoms with Crippen LogP contribution in [0, 0.1) is 22.7 Å². The molecule has 0 saturated carbocycles. The van der Waals surface area contributed by atoms with Crippen LogP contribution in [-0.2, 0) is 30.3 Å². The Kier molecular flexibility index (Phi) is 14.9. The minimum Gasteiger partial charge on any atom is -0.379 e. The number of hydrogen-bond donors (Lipinski definition) is 1. The van der Waals surface area contributed by atoms with Crippen molar-refractivity contribution in [1.29, 1.82) is 0 Å². The first kappa shape index (κ1) is 37.3. The molecule has 0 spiro atoms. The Hall–Kier alpha value is -2.89. The second-order valence-corrected chi connectivity index (χ2v) is 12.6. The van der Waals surface area contributed by atoms with Gasteiger partial charge in [0.25, 0.3) is 0 Å². The summed E-state index contributed by atoms with van der Waals surface area (Å²) in [6.45, 7) is 10.8. The number of hydrogen-bond acceptors (Lipinski definition) is 8. The van der Waals surface area contributed by atoms with Crippen LogP contribution in [0.25, 0.3) is 0 Å². The van der Waals surface area contributed by atoms with Gasteiger partial charge in [-0.15, -0.1) is 4.91 Å². The first-order valence-electron chi connectivity index (χ1n) is 15.9. The van der Waals surface area contributed by atoms with E-state index >= 15 is 0 Å². The van der Waals surface area contributed by atoms with Gasteiger partial charge in [-0.2, -0.15) is 0 Å².